The van der Waals surface area contributed by atoms with E-state index in [1.54, 1.807) is 12.2 Å². The molecule has 0 atom stereocenters. The third-order valence-corrected chi connectivity index (χ3v) is 5.52. The topological polar surface area (TPSA) is 81.7 Å². The zero-order valence-electron chi connectivity index (χ0n) is 21.5. The SMILES string of the molecule is CCCCCC/C=C/C(=O)NCCCN(CCCO)CCCNC(=O)/C=C/CCCCCC. The molecule has 0 rings (SSSR count). The van der Waals surface area contributed by atoms with E-state index in [0.29, 0.717) is 13.1 Å². The second kappa shape index (κ2) is 25.0. The fourth-order valence-corrected chi connectivity index (χ4v) is 3.53. The zero-order valence-corrected chi connectivity index (χ0v) is 21.5. The Morgan fingerprint density at radius 1 is 0.667 bits per heavy atom. The van der Waals surface area contributed by atoms with Gasteiger partial charge in [0.05, 0.1) is 0 Å². The Labute approximate surface area is 203 Å². The summed E-state index contributed by atoms with van der Waals surface area (Å²) in [6, 6.07) is 0. The van der Waals surface area contributed by atoms with Gasteiger partial charge in [-0.25, -0.2) is 0 Å². The molecule has 6 heteroatoms. The summed E-state index contributed by atoms with van der Waals surface area (Å²) in [4.78, 5) is 26.0. The molecule has 0 saturated carbocycles. The number of hydrogen-bond donors (Lipinski definition) is 3. The number of unbranched alkanes of at least 4 members (excludes halogenated alkanes) is 8. The van der Waals surface area contributed by atoms with Crippen LogP contribution in [-0.2, 0) is 9.59 Å². The van der Waals surface area contributed by atoms with Gasteiger partial charge in [0, 0.05) is 26.2 Å². The average Bonchev–Trinajstić information content (AvgIpc) is 2.81. The number of carbonyl (C=O) groups excluding carboxylic acids is 2. The van der Waals surface area contributed by atoms with Gasteiger partial charge in [-0.2, -0.15) is 0 Å². The van der Waals surface area contributed by atoms with Crippen molar-refractivity contribution in [2.24, 2.45) is 0 Å². The third-order valence-electron chi connectivity index (χ3n) is 5.52. The number of aliphatic hydroxyl groups is 1. The van der Waals surface area contributed by atoms with Crippen LogP contribution in [0.15, 0.2) is 24.3 Å². The standard InChI is InChI=1S/C27H51N3O3/c1-3-5-7-9-11-13-18-26(32)28-20-15-22-30(24-17-25-31)23-16-21-29-27(33)19-14-12-10-8-6-4-2/h13-14,18-19,31H,3-12,15-17,20-25H2,1-2H3,(H,28,32)(H,29,33)/b18-13+,19-14+. The average molecular weight is 466 g/mol. The molecule has 0 bridgehead atoms. The molecule has 192 valence electrons. The van der Waals surface area contributed by atoms with Gasteiger partial charge < -0.3 is 20.6 Å². The maximum Gasteiger partial charge on any atom is 0.243 e. The summed E-state index contributed by atoms with van der Waals surface area (Å²) in [5, 5.41) is 15.0. The number of hydrogen-bond acceptors (Lipinski definition) is 4. The van der Waals surface area contributed by atoms with Crippen molar-refractivity contribution in [2.75, 3.05) is 39.3 Å². The maximum absolute atomic E-state index is 11.9. The smallest absolute Gasteiger partial charge is 0.243 e. The molecule has 0 aliphatic carbocycles. The van der Waals surface area contributed by atoms with E-state index in [0.717, 1.165) is 64.6 Å². The first-order valence-corrected chi connectivity index (χ1v) is 13.4. The molecule has 0 radical (unpaired) electrons. The van der Waals surface area contributed by atoms with Crippen LogP contribution in [-0.4, -0.2) is 61.2 Å². The molecule has 33 heavy (non-hydrogen) atoms. The van der Waals surface area contributed by atoms with Gasteiger partial charge >= 0.3 is 0 Å². The quantitative estimate of drug-likeness (QED) is 0.150. The summed E-state index contributed by atoms with van der Waals surface area (Å²) in [6.45, 7) is 8.43. The van der Waals surface area contributed by atoms with Gasteiger partial charge in [-0.05, 0) is 70.2 Å². The minimum absolute atomic E-state index is 0.0199. The summed E-state index contributed by atoms with van der Waals surface area (Å²) >= 11 is 0. The summed E-state index contributed by atoms with van der Waals surface area (Å²) in [7, 11) is 0. The van der Waals surface area contributed by atoms with Crippen LogP contribution in [0.3, 0.4) is 0 Å². The number of allylic oxidation sites excluding steroid dienone is 2. The second-order valence-electron chi connectivity index (χ2n) is 8.71. The highest BCUT2D eigenvalue weighted by Gasteiger charge is 2.05. The second-order valence-corrected chi connectivity index (χ2v) is 8.71. The van der Waals surface area contributed by atoms with E-state index in [1.165, 1.54) is 38.5 Å². The minimum atomic E-state index is -0.0199. The molecule has 0 aromatic rings. The van der Waals surface area contributed by atoms with E-state index in [1.807, 2.05) is 12.2 Å². The monoisotopic (exact) mass is 465 g/mol. The molecule has 0 aromatic carbocycles. The molecule has 2 amide bonds. The molecule has 6 nitrogen and oxygen atoms in total. The van der Waals surface area contributed by atoms with Crippen molar-refractivity contribution in [3.63, 3.8) is 0 Å². The van der Waals surface area contributed by atoms with Crippen molar-refractivity contribution < 1.29 is 14.7 Å². The van der Waals surface area contributed by atoms with Crippen LogP contribution in [0.1, 0.15) is 97.3 Å². The number of rotatable bonds is 23. The van der Waals surface area contributed by atoms with Gasteiger partial charge in [-0.3, -0.25) is 9.59 Å². The molecule has 3 N–H and O–H groups in total. The van der Waals surface area contributed by atoms with E-state index < -0.39 is 0 Å². The Hall–Kier alpha value is -1.66. The minimum Gasteiger partial charge on any atom is -0.396 e. The Kier molecular flexibility index (Phi) is 23.7. The van der Waals surface area contributed by atoms with Gasteiger partial charge in [-0.1, -0.05) is 64.5 Å². The van der Waals surface area contributed by atoms with E-state index in [-0.39, 0.29) is 18.4 Å². The Morgan fingerprint density at radius 2 is 1.12 bits per heavy atom. The predicted octanol–water partition coefficient (Wildman–Crippen LogP) is 4.74. The van der Waals surface area contributed by atoms with Gasteiger partial charge in [0.15, 0.2) is 0 Å². The van der Waals surface area contributed by atoms with Crippen molar-refractivity contribution in [2.45, 2.75) is 97.3 Å². The lowest BCUT2D eigenvalue weighted by molar-refractivity contribution is -0.117. The van der Waals surface area contributed by atoms with Crippen LogP contribution in [0.2, 0.25) is 0 Å². The number of nitrogens with zero attached hydrogens (tertiary/aromatic N) is 1. The van der Waals surface area contributed by atoms with E-state index in [2.05, 4.69) is 29.4 Å². The Morgan fingerprint density at radius 3 is 1.55 bits per heavy atom. The number of carbonyl (C=O) groups is 2. The Bertz CT molecular complexity index is 479. The fourth-order valence-electron chi connectivity index (χ4n) is 3.53. The summed E-state index contributed by atoms with van der Waals surface area (Å²) in [5.41, 5.74) is 0. The van der Waals surface area contributed by atoms with Gasteiger partial charge in [0.25, 0.3) is 0 Å². The van der Waals surface area contributed by atoms with E-state index in [4.69, 9.17) is 5.11 Å². The van der Waals surface area contributed by atoms with E-state index >= 15 is 0 Å². The lowest BCUT2D eigenvalue weighted by atomic mass is 10.1. The molecular weight excluding hydrogens is 414 g/mol. The van der Waals surface area contributed by atoms with Gasteiger partial charge in [0.1, 0.15) is 0 Å². The maximum atomic E-state index is 11.9. The first-order valence-electron chi connectivity index (χ1n) is 13.4. The van der Waals surface area contributed by atoms with Crippen LogP contribution in [0.25, 0.3) is 0 Å². The van der Waals surface area contributed by atoms with Crippen LogP contribution in [0.4, 0.5) is 0 Å². The zero-order chi connectivity index (χ0) is 24.4. The number of aliphatic hydroxyl groups excluding tert-OH is 1. The van der Waals surface area contributed by atoms with Crippen molar-refractivity contribution in [1.29, 1.82) is 0 Å². The largest absolute Gasteiger partial charge is 0.396 e. The molecule has 0 aliphatic heterocycles. The first kappa shape index (κ1) is 31.3. The first-order chi connectivity index (χ1) is 16.1. The van der Waals surface area contributed by atoms with Gasteiger partial charge in [0.2, 0.25) is 11.8 Å². The summed E-state index contributed by atoms with van der Waals surface area (Å²) < 4.78 is 0. The van der Waals surface area contributed by atoms with Crippen LogP contribution < -0.4 is 10.6 Å². The van der Waals surface area contributed by atoms with Crippen LogP contribution >= 0.6 is 0 Å². The summed E-state index contributed by atoms with van der Waals surface area (Å²) in [5.74, 6) is -0.0398. The summed E-state index contributed by atoms with van der Waals surface area (Å²) in [6.07, 6.45) is 21.4. The van der Waals surface area contributed by atoms with Crippen molar-refractivity contribution in [3.8, 4) is 0 Å². The molecular formula is C27H51N3O3. The van der Waals surface area contributed by atoms with Crippen molar-refractivity contribution in [1.82, 2.24) is 15.5 Å². The molecule has 0 spiro atoms. The molecule has 0 saturated heterocycles. The van der Waals surface area contributed by atoms with Crippen LogP contribution in [0, 0.1) is 0 Å². The number of nitrogens with one attached hydrogen (secondary N) is 2. The normalized spacial score (nSPS) is 11.6. The van der Waals surface area contributed by atoms with Crippen molar-refractivity contribution in [3.05, 3.63) is 24.3 Å². The lowest BCUT2D eigenvalue weighted by Gasteiger charge is -2.22. The highest BCUT2D eigenvalue weighted by atomic mass is 16.3. The molecule has 0 heterocycles. The predicted molar refractivity (Wildman–Crippen MR) is 139 cm³/mol. The van der Waals surface area contributed by atoms with Crippen molar-refractivity contribution >= 4 is 11.8 Å². The molecule has 0 aromatic heterocycles. The van der Waals surface area contributed by atoms with Crippen LogP contribution in [0.5, 0.6) is 0 Å². The van der Waals surface area contributed by atoms with Gasteiger partial charge in [-0.15, -0.1) is 0 Å². The number of amides is 2. The Balaban J connectivity index is 3.93. The fraction of sp³-hybridized carbons (Fsp3) is 0.778. The third kappa shape index (κ3) is 23.3. The molecule has 0 aliphatic rings. The van der Waals surface area contributed by atoms with E-state index in [9.17, 15) is 9.59 Å². The molecule has 0 unspecified atom stereocenters. The molecule has 0 fully saturated rings. The lowest BCUT2D eigenvalue weighted by Crippen LogP contribution is -2.33. The highest BCUT2D eigenvalue weighted by Crippen LogP contribution is 2.03. The highest BCUT2D eigenvalue weighted by molar-refractivity contribution is 5.87.